The van der Waals surface area contributed by atoms with E-state index in [9.17, 15) is 4.79 Å². The molecule has 0 aromatic rings. The third-order valence-electron chi connectivity index (χ3n) is 2.35. The van der Waals surface area contributed by atoms with E-state index in [-0.39, 0.29) is 6.09 Å². The molecular weight excluding hydrogens is 256 g/mol. The highest BCUT2D eigenvalue weighted by Crippen LogP contribution is 2.08. The van der Waals surface area contributed by atoms with E-state index in [4.69, 9.17) is 4.74 Å². The molecule has 2 N–H and O–H groups in total. The molecule has 0 spiro atoms. The Morgan fingerprint density at radius 3 is 2.35 bits per heavy atom. The van der Waals surface area contributed by atoms with Crippen molar-refractivity contribution in [3.8, 4) is 0 Å². The lowest BCUT2D eigenvalue weighted by Gasteiger charge is -2.25. The Labute approximate surface area is 123 Å². The molecule has 0 atom stereocenters. The number of nitrogens with zero attached hydrogens (tertiary/aromatic N) is 2. The van der Waals surface area contributed by atoms with Gasteiger partial charge in [0.2, 0.25) is 0 Å². The van der Waals surface area contributed by atoms with Crippen LogP contribution in [-0.4, -0.2) is 56.3 Å². The number of likely N-dealkylation sites (N-methyl/N-ethyl adjacent to an activating group) is 1. The summed E-state index contributed by atoms with van der Waals surface area (Å²) in [6.07, 6.45) is -0.315. The first-order valence-electron chi connectivity index (χ1n) is 7.04. The number of carbonyl (C=O) groups excluding carboxylic acids is 1. The molecule has 0 aliphatic rings. The van der Waals surface area contributed by atoms with Crippen LogP contribution in [0, 0.1) is 5.92 Å². The Bertz CT molecular complexity index is 322. The molecule has 0 aliphatic carbocycles. The first-order chi connectivity index (χ1) is 9.15. The van der Waals surface area contributed by atoms with E-state index in [1.165, 1.54) is 0 Å². The van der Waals surface area contributed by atoms with E-state index < -0.39 is 5.60 Å². The summed E-state index contributed by atoms with van der Waals surface area (Å²) in [6.45, 7) is 11.9. The number of aliphatic imine (C=N–C) groups is 1. The zero-order valence-electron chi connectivity index (χ0n) is 13.9. The smallest absolute Gasteiger partial charge is 0.410 e. The Hall–Kier alpha value is -1.46. The molecule has 0 aliphatic heterocycles. The maximum atomic E-state index is 11.7. The van der Waals surface area contributed by atoms with Crippen LogP contribution in [0.5, 0.6) is 0 Å². The molecule has 0 saturated heterocycles. The van der Waals surface area contributed by atoms with Gasteiger partial charge in [-0.2, -0.15) is 0 Å². The van der Waals surface area contributed by atoms with Gasteiger partial charge in [-0.3, -0.25) is 4.99 Å². The van der Waals surface area contributed by atoms with Crippen LogP contribution in [0.1, 0.15) is 34.6 Å². The molecule has 0 radical (unpaired) electrons. The van der Waals surface area contributed by atoms with E-state index in [1.807, 2.05) is 20.8 Å². The molecule has 0 unspecified atom stereocenters. The van der Waals surface area contributed by atoms with Crippen molar-refractivity contribution in [2.75, 3.05) is 33.7 Å². The Morgan fingerprint density at radius 1 is 1.30 bits per heavy atom. The number of amides is 1. The summed E-state index contributed by atoms with van der Waals surface area (Å²) in [5, 5.41) is 6.38. The number of ether oxygens (including phenoxy) is 1. The molecule has 6 nitrogen and oxygen atoms in total. The molecule has 0 saturated carbocycles. The van der Waals surface area contributed by atoms with Crippen LogP contribution in [0.3, 0.4) is 0 Å². The minimum Gasteiger partial charge on any atom is -0.444 e. The summed E-state index contributed by atoms with van der Waals surface area (Å²) in [5.74, 6) is 1.30. The van der Waals surface area contributed by atoms with Gasteiger partial charge in [-0.25, -0.2) is 4.79 Å². The first-order valence-corrected chi connectivity index (χ1v) is 7.04. The SMILES string of the molecule is CN=C(NCCN(C)C(=O)OC(C)(C)C)NCC(C)C. The molecule has 118 valence electrons. The molecule has 1 amide bonds. The molecule has 0 aromatic heterocycles. The van der Waals surface area contributed by atoms with Crippen LogP contribution in [-0.2, 0) is 4.74 Å². The van der Waals surface area contributed by atoms with Crippen LogP contribution >= 0.6 is 0 Å². The van der Waals surface area contributed by atoms with Crippen molar-refractivity contribution in [1.82, 2.24) is 15.5 Å². The van der Waals surface area contributed by atoms with Crippen molar-refractivity contribution >= 4 is 12.1 Å². The first kappa shape index (κ1) is 18.5. The number of hydrogen-bond acceptors (Lipinski definition) is 3. The largest absolute Gasteiger partial charge is 0.444 e. The lowest BCUT2D eigenvalue weighted by molar-refractivity contribution is 0.0302. The number of nitrogens with one attached hydrogen (secondary N) is 2. The van der Waals surface area contributed by atoms with Gasteiger partial charge in [0.15, 0.2) is 5.96 Å². The van der Waals surface area contributed by atoms with Gasteiger partial charge in [-0.1, -0.05) is 13.8 Å². The Balaban J connectivity index is 4.00. The Morgan fingerprint density at radius 2 is 1.90 bits per heavy atom. The number of hydrogen-bond donors (Lipinski definition) is 2. The molecule has 6 heteroatoms. The summed E-state index contributed by atoms with van der Waals surface area (Å²) < 4.78 is 5.28. The second-order valence-electron chi connectivity index (χ2n) is 6.18. The third kappa shape index (κ3) is 9.47. The van der Waals surface area contributed by atoms with Gasteiger partial charge in [0.25, 0.3) is 0 Å². The topological polar surface area (TPSA) is 66.0 Å². The average molecular weight is 286 g/mol. The third-order valence-corrected chi connectivity index (χ3v) is 2.35. The predicted molar refractivity (Wildman–Crippen MR) is 83.1 cm³/mol. The highest BCUT2D eigenvalue weighted by atomic mass is 16.6. The highest BCUT2D eigenvalue weighted by Gasteiger charge is 2.19. The highest BCUT2D eigenvalue weighted by molar-refractivity contribution is 5.79. The van der Waals surface area contributed by atoms with E-state index in [1.54, 1.807) is 19.0 Å². The fraction of sp³-hybridized carbons (Fsp3) is 0.857. The molecule has 0 fully saturated rings. The zero-order chi connectivity index (χ0) is 15.8. The van der Waals surface area contributed by atoms with Crippen molar-refractivity contribution in [1.29, 1.82) is 0 Å². The van der Waals surface area contributed by atoms with Gasteiger partial charge in [0.1, 0.15) is 5.60 Å². The minimum atomic E-state index is -0.465. The van der Waals surface area contributed by atoms with Crippen LogP contribution in [0.15, 0.2) is 4.99 Å². The van der Waals surface area contributed by atoms with Gasteiger partial charge in [0, 0.05) is 33.7 Å². The monoisotopic (exact) mass is 286 g/mol. The van der Waals surface area contributed by atoms with Crippen molar-refractivity contribution in [2.24, 2.45) is 10.9 Å². The summed E-state index contributed by atoms with van der Waals surface area (Å²) in [6, 6.07) is 0. The maximum absolute atomic E-state index is 11.7. The fourth-order valence-electron chi connectivity index (χ4n) is 1.29. The molecule has 0 heterocycles. The van der Waals surface area contributed by atoms with Crippen molar-refractivity contribution in [3.05, 3.63) is 0 Å². The van der Waals surface area contributed by atoms with Crippen LogP contribution < -0.4 is 10.6 Å². The van der Waals surface area contributed by atoms with Crippen LogP contribution in [0.4, 0.5) is 4.79 Å². The summed E-state index contributed by atoms with van der Waals surface area (Å²) >= 11 is 0. The predicted octanol–water partition coefficient (Wildman–Crippen LogP) is 1.67. The zero-order valence-corrected chi connectivity index (χ0v) is 13.9. The fourth-order valence-corrected chi connectivity index (χ4v) is 1.29. The van der Waals surface area contributed by atoms with Gasteiger partial charge in [-0.15, -0.1) is 0 Å². The van der Waals surface area contributed by atoms with Crippen molar-refractivity contribution in [2.45, 2.75) is 40.2 Å². The molecule has 0 aromatic carbocycles. The number of carbonyl (C=O) groups is 1. The van der Waals surface area contributed by atoms with Crippen molar-refractivity contribution in [3.63, 3.8) is 0 Å². The molecule has 20 heavy (non-hydrogen) atoms. The molecule has 0 bridgehead atoms. The average Bonchev–Trinajstić information content (AvgIpc) is 2.30. The van der Waals surface area contributed by atoms with Crippen molar-refractivity contribution < 1.29 is 9.53 Å². The summed E-state index contributed by atoms with van der Waals surface area (Å²) in [7, 11) is 3.45. The van der Waals surface area contributed by atoms with E-state index in [0.29, 0.717) is 19.0 Å². The molecular formula is C14H30N4O2. The Kier molecular flexibility index (Phi) is 8.03. The quantitative estimate of drug-likeness (QED) is 0.596. The van der Waals surface area contributed by atoms with E-state index >= 15 is 0 Å². The van der Waals surface area contributed by atoms with Gasteiger partial charge >= 0.3 is 6.09 Å². The molecule has 0 rings (SSSR count). The normalized spacial score (nSPS) is 12.3. The number of guanidine groups is 1. The standard InChI is InChI=1S/C14H30N4O2/c1-11(2)10-17-12(15-6)16-8-9-18(7)13(19)20-14(3,4)5/h11H,8-10H2,1-7H3,(H2,15,16,17). The van der Waals surface area contributed by atoms with E-state index in [0.717, 1.165) is 12.5 Å². The lowest BCUT2D eigenvalue weighted by atomic mass is 10.2. The number of rotatable bonds is 5. The van der Waals surface area contributed by atoms with Crippen LogP contribution in [0.2, 0.25) is 0 Å². The summed E-state index contributed by atoms with van der Waals surface area (Å²) in [4.78, 5) is 17.4. The van der Waals surface area contributed by atoms with Crippen LogP contribution in [0.25, 0.3) is 0 Å². The minimum absolute atomic E-state index is 0.315. The van der Waals surface area contributed by atoms with E-state index in [2.05, 4.69) is 29.5 Å². The lowest BCUT2D eigenvalue weighted by Crippen LogP contribution is -2.43. The second-order valence-corrected chi connectivity index (χ2v) is 6.18. The van der Waals surface area contributed by atoms with Gasteiger partial charge in [0.05, 0.1) is 0 Å². The summed E-state index contributed by atoms with van der Waals surface area (Å²) in [5.41, 5.74) is -0.465. The van der Waals surface area contributed by atoms with Gasteiger partial charge < -0.3 is 20.3 Å². The second kappa shape index (κ2) is 8.66. The maximum Gasteiger partial charge on any atom is 0.410 e. The van der Waals surface area contributed by atoms with Gasteiger partial charge in [-0.05, 0) is 26.7 Å².